The highest BCUT2D eigenvalue weighted by atomic mass is 16.5. The number of rotatable bonds is 5. The third-order valence-corrected chi connectivity index (χ3v) is 4.25. The van der Waals surface area contributed by atoms with Crippen molar-refractivity contribution in [2.24, 2.45) is 0 Å². The van der Waals surface area contributed by atoms with Crippen LogP contribution in [-0.2, 0) is 20.9 Å². The standard InChI is InChI=1S/C23H20N2O4/c1-29-23(28)18-12-14-19(15-13-18)24-21(26)22(27)25(20-10-6-3-7-11-20)16-17-8-4-2-5-9-17/h2-15H,16H2,1H3,(H,24,26). The van der Waals surface area contributed by atoms with E-state index in [4.69, 9.17) is 0 Å². The number of carbonyl (C=O) groups excluding carboxylic acids is 3. The van der Waals surface area contributed by atoms with Gasteiger partial charge in [0.1, 0.15) is 0 Å². The molecule has 0 heterocycles. The van der Waals surface area contributed by atoms with E-state index in [0.717, 1.165) is 5.56 Å². The molecule has 3 aromatic rings. The molecule has 0 radical (unpaired) electrons. The van der Waals surface area contributed by atoms with Gasteiger partial charge in [-0.25, -0.2) is 4.79 Å². The van der Waals surface area contributed by atoms with E-state index in [2.05, 4.69) is 10.1 Å². The summed E-state index contributed by atoms with van der Waals surface area (Å²) in [6.07, 6.45) is 0. The van der Waals surface area contributed by atoms with Gasteiger partial charge in [0, 0.05) is 11.4 Å². The van der Waals surface area contributed by atoms with Crippen LogP contribution in [0, 0.1) is 0 Å². The highest BCUT2D eigenvalue weighted by Gasteiger charge is 2.23. The topological polar surface area (TPSA) is 75.7 Å². The number of benzene rings is 3. The lowest BCUT2D eigenvalue weighted by atomic mass is 10.2. The van der Waals surface area contributed by atoms with Gasteiger partial charge in [0.15, 0.2) is 0 Å². The van der Waals surface area contributed by atoms with Crippen LogP contribution < -0.4 is 10.2 Å². The van der Waals surface area contributed by atoms with Crippen LogP contribution in [0.5, 0.6) is 0 Å². The summed E-state index contributed by atoms with van der Waals surface area (Å²) in [5, 5.41) is 2.58. The minimum absolute atomic E-state index is 0.262. The first-order valence-electron chi connectivity index (χ1n) is 8.98. The quantitative estimate of drug-likeness (QED) is 0.535. The maximum absolute atomic E-state index is 12.9. The van der Waals surface area contributed by atoms with Crippen LogP contribution in [0.2, 0.25) is 0 Å². The van der Waals surface area contributed by atoms with E-state index in [1.165, 1.54) is 24.1 Å². The molecule has 0 aliphatic rings. The first-order chi connectivity index (χ1) is 14.1. The maximum atomic E-state index is 12.9. The number of para-hydroxylation sites is 1. The predicted octanol–water partition coefficient (Wildman–Crippen LogP) is 3.65. The molecule has 0 bridgehead atoms. The van der Waals surface area contributed by atoms with Gasteiger partial charge in [0.25, 0.3) is 0 Å². The Morgan fingerprint density at radius 2 is 1.41 bits per heavy atom. The fourth-order valence-electron chi connectivity index (χ4n) is 2.77. The largest absolute Gasteiger partial charge is 0.465 e. The Balaban J connectivity index is 1.78. The molecule has 6 nitrogen and oxygen atoms in total. The van der Waals surface area contributed by atoms with Crippen LogP contribution in [0.25, 0.3) is 0 Å². The molecule has 0 aliphatic carbocycles. The van der Waals surface area contributed by atoms with Gasteiger partial charge in [-0.1, -0.05) is 48.5 Å². The highest BCUT2D eigenvalue weighted by Crippen LogP contribution is 2.18. The van der Waals surface area contributed by atoms with Gasteiger partial charge in [-0.15, -0.1) is 0 Å². The Morgan fingerprint density at radius 3 is 2.00 bits per heavy atom. The van der Waals surface area contributed by atoms with Crippen LogP contribution in [0.3, 0.4) is 0 Å². The molecule has 0 aliphatic heterocycles. The average Bonchev–Trinajstić information content (AvgIpc) is 2.78. The number of hydrogen-bond donors (Lipinski definition) is 1. The smallest absolute Gasteiger partial charge is 0.337 e. The van der Waals surface area contributed by atoms with Crippen molar-refractivity contribution in [2.75, 3.05) is 17.3 Å². The monoisotopic (exact) mass is 388 g/mol. The molecule has 0 spiro atoms. The van der Waals surface area contributed by atoms with E-state index in [9.17, 15) is 14.4 Å². The number of hydrogen-bond acceptors (Lipinski definition) is 4. The lowest BCUT2D eigenvalue weighted by molar-refractivity contribution is -0.134. The summed E-state index contributed by atoms with van der Waals surface area (Å²) in [7, 11) is 1.29. The Hall–Kier alpha value is -3.93. The fourth-order valence-corrected chi connectivity index (χ4v) is 2.77. The number of carbonyl (C=O) groups is 3. The van der Waals surface area contributed by atoms with E-state index >= 15 is 0 Å². The van der Waals surface area contributed by atoms with Gasteiger partial charge >= 0.3 is 17.8 Å². The van der Waals surface area contributed by atoms with Crippen LogP contribution in [-0.4, -0.2) is 24.9 Å². The van der Waals surface area contributed by atoms with Gasteiger partial charge in [0.2, 0.25) is 0 Å². The van der Waals surface area contributed by atoms with Crippen molar-refractivity contribution in [1.29, 1.82) is 0 Å². The zero-order valence-electron chi connectivity index (χ0n) is 15.9. The summed E-state index contributed by atoms with van der Waals surface area (Å²) >= 11 is 0. The van der Waals surface area contributed by atoms with Gasteiger partial charge in [-0.2, -0.15) is 0 Å². The minimum atomic E-state index is -0.768. The maximum Gasteiger partial charge on any atom is 0.337 e. The molecule has 29 heavy (non-hydrogen) atoms. The number of ether oxygens (including phenoxy) is 1. The van der Waals surface area contributed by atoms with Crippen LogP contribution >= 0.6 is 0 Å². The van der Waals surface area contributed by atoms with E-state index in [1.807, 2.05) is 48.5 Å². The molecule has 3 aromatic carbocycles. The highest BCUT2D eigenvalue weighted by molar-refractivity contribution is 6.44. The number of nitrogens with zero attached hydrogens (tertiary/aromatic N) is 1. The Bertz CT molecular complexity index is 986. The molecule has 0 unspecified atom stereocenters. The van der Waals surface area contributed by atoms with E-state index in [-0.39, 0.29) is 6.54 Å². The molecule has 6 heteroatoms. The summed E-state index contributed by atoms with van der Waals surface area (Å²) in [6, 6.07) is 24.6. The summed E-state index contributed by atoms with van der Waals surface area (Å²) in [6.45, 7) is 0.262. The summed E-state index contributed by atoms with van der Waals surface area (Å²) in [5.41, 5.74) is 2.29. The molecular weight excluding hydrogens is 368 g/mol. The SMILES string of the molecule is COC(=O)c1ccc(NC(=O)C(=O)N(Cc2ccccc2)c2ccccc2)cc1. The summed E-state index contributed by atoms with van der Waals surface area (Å²) in [5.74, 6) is -1.93. The first-order valence-corrected chi connectivity index (χ1v) is 8.98. The van der Waals surface area contributed by atoms with E-state index in [1.54, 1.807) is 24.3 Å². The van der Waals surface area contributed by atoms with E-state index < -0.39 is 17.8 Å². The lowest BCUT2D eigenvalue weighted by Gasteiger charge is -2.22. The van der Waals surface area contributed by atoms with Gasteiger partial charge in [0.05, 0.1) is 19.2 Å². The Labute approximate surface area is 168 Å². The van der Waals surface area contributed by atoms with Crippen LogP contribution in [0.15, 0.2) is 84.9 Å². The normalized spacial score (nSPS) is 10.1. The fraction of sp³-hybridized carbons (Fsp3) is 0.0870. The molecule has 146 valence electrons. The van der Waals surface area contributed by atoms with Gasteiger partial charge in [-0.05, 0) is 42.0 Å². The Kier molecular flexibility index (Phi) is 6.37. The first kappa shape index (κ1) is 19.8. The number of amides is 2. The lowest BCUT2D eigenvalue weighted by Crippen LogP contribution is -2.39. The van der Waals surface area contributed by atoms with Gasteiger partial charge < -0.3 is 10.1 Å². The molecule has 0 atom stereocenters. The molecule has 0 fully saturated rings. The van der Waals surface area contributed by atoms with Crippen LogP contribution in [0.1, 0.15) is 15.9 Å². The second kappa shape index (κ2) is 9.32. The van der Waals surface area contributed by atoms with E-state index in [0.29, 0.717) is 16.9 Å². The molecule has 1 N–H and O–H groups in total. The number of anilines is 2. The number of nitrogens with one attached hydrogen (secondary N) is 1. The summed E-state index contributed by atoms with van der Waals surface area (Å²) < 4.78 is 4.65. The van der Waals surface area contributed by atoms with Crippen molar-refractivity contribution < 1.29 is 19.1 Å². The van der Waals surface area contributed by atoms with Crippen molar-refractivity contribution >= 4 is 29.2 Å². The minimum Gasteiger partial charge on any atom is -0.465 e. The molecule has 0 aromatic heterocycles. The second-order valence-electron chi connectivity index (χ2n) is 6.24. The molecule has 0 saturated carbocycles. The van der Waals surface area contributed by atoms with Crippen molar-refractivity contribution in [2.45, 2.75) is 6.54 Å². The van der Waals surface area contributed by atoms with Crippen molar-refractivity contribution in [3.05, 3.63) is 96.1 Å². The summed E-state index contributed by atoms with van der Waals surface area (Å²) in [4.78, 5) is 38.4. The molecular formula is C23H20N2O4. The van der Waals surface area contributed by atoms with Gasteiger partial charge in [-0.3, -0.25) is 14.5 Å². The third kappa shape index (κ3) is 5.07. The number of methoxy groups -OCH3 is 1. The average molecular weight is 388 g/mol. The molecule has 2 amide bonds. The van der Waals surface area contributed by atoms with Crippen LogP contribution in [0.4, 0.5) is 11.4 Å². The third-order valence-electron chi connectivity index (χ3n) is 4.25. The molecule has 3 rings (SSSR count). The zero-order chi connectivity index (χ0) is 20.6. The second-order valence-corrected chi connectivity index (χ2v) is 6.24. The van der Waals surface area contributed by atoms with Crippen molar-refractivity contribution in [3.8, 4) is 0 Å². The van der Waals surface area contributed by atoms with Crippen molar-refractivity contribution in [3.63, 3.8) is 0 Å². The molecule has 0 saturated heterocycles. The number of esters is 1. The predicted molar refractivity (Wildman–Crippen MR) is 110 cm³/mol. The van der Waals surface area contributed by atoms with Crippen molar-refractivity contribution in [1.82, 2.24) is 0 Å². The Morgan fingerprint density at radius 1 is 0.828 bits per heavy atom. The zero-order valence-corrected chi connectivity index (χ0v) is 15.9.